The Bertz CT molecular complexity index is 258. The second-order valence-electron chi connectivity index (χ2n) is 6.95. The van der Waals surface area contributed by atoms with Gasteiger partial charge in [-0.15, -0.1) is 0 Å². The third-order valence-electron chi connectivity index (χ3n) is 5.72. The summed E-state index contributed by atoms with van der Waals surface area (Å²) in [5.74, 6) is 1.90. The monoisotopic (exact) mass is 250 g/mol. The molecule has 2 bridgehead atoms. The van der Waals surface area contributed by atoms with E-state index in [1.807, 2.05) is 0 Å². The van der Waals surface area contributed by atoms with Crippen molar-refractivity contribution in [2.75, 3.05) is 19.6 Å². The molecule has 1 saturated carbocycles. The van der Waals surface area contributed by atoms with Gasteiger partial charge in [0.25, 0.3) is 0 Å². The van der Waals surface area contributed by atoms with Crippen molar-refractivity contribution in [1.82, 2.24) is 10.2 Å². The van der Waals surface area contributed by atoms with Crippen LogP contribution in [0.4, 0.5) is 0 Å². The average molecular weight is 250 g/mol. The Morgan fingerprint density at radius 1 is 0.944 bits per heavy atom. The van der Waals surface area contributed by atoms with Gasteiger partial charge in [-0.2, -0.15) is 0 Å². The molecule has 3 rings (SSSR count). The van der Waals surface area contributed by atoms with Crippen LogP contribution < -0.4 is 5.32 Å². The summed E-state index contributed by atoms with van der Waals surface area (Å²) in [4.78, 5) is 2.65. The molecule has 2 aliphatic heterocycles. The lowest BCUT2D eigenvalue weighted by atomic mass is 9.89. The molecule has 0 aromatic rings. The molecule has 2 heteroatoms. The van der Waals surface area contributed by atoms with Crippen molar-refractivity contribution >= 4 is 0 Å². The minimum absolute atomic E-state index is 0.750. The molecule has 0 radical (unpaired) electrons. The summed E-state index contributed by atoms with van der Waals surface area (Å²) < 4.78 is 0. The number of hydrogen-bond acceptors (Lipinski definition) is 2. The molecule has 104 valence electrons. The Labute approximate surface area is 113 Å². The van der Waals surface area contributed by atoms with Gasteiger partial charge >= 0.3 is 0 Å². The lowest BCUT2D eigenvalue weighted by Crippen LogP contribution is -2.49. The van der Waals surface area contributed by atoms with E-state index >= 15 is 0 Å². The first-order chi connectivity index (χ1) is 8.83. The van der Waals surface area contributed by atoms with E-state index in [1.165, 1.54) is 71.0 Å². The smallest absolute Gasteiger partial charge is 0.0123 e. The van der Waals surface area contributed by atoms with Gasteiger partial charge in [-0.05, 0) is 57.5 Å². The minimum atomic E-state index is 0.750. The molecule has 3 fully saturated rings. The molecule has 4 atom stereocenters. The molecule has 0 spiro atoms. The van der Waals surface area contributed by atoms with Gasteiger partial charge < -0.3 is 10.2 Å². The van der Waals surface area contributed by atoms with Crippen molar-refractivity contribution in [2.24, 2.45) is 11.8 Å². The maximum absolute atomic E-state index is 4.02. The largest absolute Gasteiger partial charge is 0.311 e. The molecule has 2 nitrogen and oxygen atoms in total. The first kappa shape index (κ1) is 12.9. The Balaban J connectivity index is 1.51. The van der Waals surface area contributed by atoms with Crippen molar-refractivity contribution in [2.45, 2.75) is 70.4 Å². The first-order valence-electron chi connectivity index (χ1n) is 8.31. The standard InChI is InChI=1S/C16H30N2/c1-13(14-6-4-2-3-5-7-14)17-16-9-11-18-10-8-15(16)12-18/h13-17H,2-12H2,1H3/t13-,15?,16?/m0/s1. The molecule has 2 saturated heterocycles. The van der Waals surface area contributed by atoms with E-state index in [4.69, 9.17) is 0 Å². The van der Waals surface area contributed by atoms with Crippen LogP contribution in [-0.2, 0) is 0 Å². The highest BCUT2D eigenvalue weighted by molar-refractivity contribution is 4.92. The van der Waals surface area contributed by atoms with Crippen molar-refractivity contribution in [3.63, 3.8) is 0 Å². The summed E-state index contributed by atoms with van der Waals surface area (Å²) in [6.07, 6.45) is 11.7. The number of nitrogens with one attached hydrogen (secondary N) is 1. The zero-order valence-corrected chi connectivity index (χ0v) is 12.0. The average Bonchev–Trinajstić information content (AvgIpc) is 2.60. The molecule has 3 unspecified atom stereocenters. The quantitative estimate of drug-likeness (QED) is 0.775. The zero-order valence-electron chi connectivity index (χ0n) is 12.0. The molecule has 1 N–H and O–H groups in total. The second kappa shape index (κ2) is 5.92. The molecule has 0 aromatic carbocycles. The minimum Gasteiger partial charge on any atom is -0.311 e. The predicted octanol–water partition coefficient (Wildman–Crippen LogP) is 3.03. The maximum atomic E-state index is 4.02. The Morgan fingerprint density at radius 3 is 2.44 bits per heavy atom. The molecule has 0 amide bonds. The lowest BCUT2D eigenvalue weighted by molar-refractivity contribution is 0.193. The van der Waals surface area contributed by atoms with Crippen LogP contribution in [0.2, 0.25) is 0 Å². The summed E-state index contributed by atoms with van der Waals surface area (Å²) in [7, 11) is 0. The Hall–Kier alpha value is -0.0800. The lowest BCUT2D eigenvalue weighted by Gasteiger charge is -2.35. The molecular weight excluding hydrogens is 220 g/mol. The molecule has 0 aromatic heterocycles. The Kier molecular flexibility index (Phi) is 4.25. The van der Waals surface area contributed by atoms with Gasteiger partial charge in [-0.1, -0.05) is 25.7 Å². The molecular formula is C16H30N2. The molecule has 3 aliphatic rings. The molecule has 1 aliphatic carbocycles. The van der Waals surface area contributed by atoms with E-state index in [2.05, 4.69) is 17.1 Å². The molecule has 18 heavy (non-hydrogen) atoms. The number of nitrogens with zero attached hydrogens (tertiary/aromatic N) is 1. The summed E-state index contributed by atoms with van der Waals surface area (Å²) >= 11 is 0. The van der Waals surface area contributed by atoms with Gasteiger partial charge in [0.15, 0.2) is 0 Å². The van der Waals surface area contributed by atoms with Crippen molar-refractivity contribution in [3.05, 3.63) is 0 Å². The zero-order chi connectivity index (χ0) is 12.4. The van der Waals surface area contributed by atoms with E-state index < -0.39 is 0 Å². The van der Waals surface area contributed by atoms with Crippen LogP contribution in [0.25, 0.3) is 0 Å². The van der Waals surface area contributed by atoms with Gasteiger partial charge in [0.1, 0.15) is 0 Å². The van der Waals surface area contributed by atoms with Crippen LogP contribution in [0.1, 0.15) is 58.3 Å². The number of piperidine rings is 1. The van der Waals surface area contributed by atoms with Crippen molar-refractivity contribution in [1.29, 1.82) is 0 Å². The fourth-order valence-corrected chi connectivity index (χ4v) is 4.46. The summed E-state index contributed by atoms with van der Waals surface area (Å²) in [5, 5.41) is 4.02. The highest BCUT2D eigenvalue weighted by Gasteiger charge is 2.35. The second-order valence-corrected chi connectivity index (χ2v) is 6.95. The molecule has 2 heterocycles. The fourth-order valence-electron chi connectivity index (χ4n) is 4.46. The normalized spacial score (nSPS) is 39.5. The van der Waals surface area contributed by atoms with E-state index in [0.717, 1.165) is 23.9 Å². The predicted molar refractivity (Wildman–Crippen MR) is 76.7 cm³/mol. The van der Waals surface area contributed by atoms with Gasteiger partial charge in [-0.25, -0.2) is 0 Å². The number of rotatable bonds is 3. The van der Waals surface area contributed by atoms with Crippen LogP contribution in [-0.4, -0.2) is 36.6 Å². The highest BCUT2D eigenvalue weighted by atomic mass is 15.2. The SMILES string of the molecule is C[C@H](NC1CCN2CCC1C2)C1CCCCCC1. The van der Waals surface area contributed by atoms with Crippen LogP contribution >= 0.6 is 0 Å². The van der Waals surface area contributed by atoms with Crippen LogP contribution in [0, 0.1) is 11.8 Å². The fraction of sp³-hybridized carbons (Fsp3) is 1.00. The van der Waals surface area contributed by atoms with Crippen molar-refractivity contribution in [3.8, 4) is 0 Å². The van der Waals surface area contributed by atoms with Crippen LogP contribution in [0.3, 0.4) is 0 Å². The van der Waals surface area contributed by atoms with Gasteiger partial charge in [0, 0.05) is 18.6 Å². The summed E-state index contributed by atoms with van der Waals surface area (Å²) in [6.45, 7) is 6.53. The van der Waals surface area contributed by atoms with Crippen molar-refractivity contribution < 1.29 is 0 Å². The third kappa shape index (κ3) is 2.91. The van der Waals surface area contributed by atoms with E-state index in [1.54, 1.807) is 0 Å². The van der Waals surface area contributed by atoms with E-state index in [0.29, 0.717) is 0 Å². The third-order valence-corrected chi connectivity index (χ3v) is 5.72. The number of hydrogen-bond donors (Lipinski definition) is 1. The summed E-state index contributed by atoms with van der Waals surface area (Å²) in [6, 6.07) is 1.57. The van der Waals surface area contributed by atoms with Crippen LogP contribution in [0.5, 0.6) is 0 Å². The van der Waals surface area contributed by atoms with Gasteiger partial charge in [-0.3, -0.25) is 0 Å². The van der Waals surface area contributed by atoms with E-state index in [9.17, 15) is 0 Å². The Morgan fingerprint density at radius 2 is 1.67 bits per heavy atom. The highest BCUT2D eigenvalue weighted by Crippen LogP contribution is 2.30. The van der Waals surface area contributed by atoms with Crippen LogP contribution in [0.15, 0.2) is 0 Å². The topological polar surface area (TPSA) is 15.3 Å². The van der Waals surface area contributed by atoms with Gasteiger partial charge in [0.2, 0.25) is 0 Å². The maximum Gasteiger partial charge on any atom is 0.0123 e. The first-order valence-corrected chi connectivity index (χ1v) is 8.31. The van der Waals surface area contributed by atoms with Gasteiger partial charge in [0.05, 0.1) is 0 Å². The number of fused-ring (bicyclic) bond motifs is 2. The van der Waals surface area contributed by atoms with E-state index in [-0.39, 0.29) is 0 Å². The summed E-state index contributed by atoms with van der Waals surface area (Å²) in [5.41, 5.74) is 0.